The molecule has 0 saturated heterocycles. The van der Waals surface area contributed by atoms with Crippen molar-refractivity contribution in [3.8, 4) is 11.4 Å². The fourth-order valence-electron chi connectivity index (χ4n) is 2.85. The number of hydrogen-bond acceptors (Lipinski definition) is 5. The molecule has 0 atom stereocenters. The van der Waals surface area contributed by atoms with Crippen LogP contribution in [0, 0.1) is 5.82 Å². The summed E-state index contributed by atoms with van der Waals surface area (Å²) >= 11 is 11.4. The summed E-state index contributed by atoms with van der Waals surface area (Å²) in [4.78, 5) is 13.7. The van der Waals surface area contributed by atoms with Crippen LogP contribution in [-0.2, 0) is 0 Å². The van der Waals surface area contributed by atoms with Gasteiger partial charge in [-0.1, -0.05) is 17.7 Å². The molecule has 3 aromatic carbocycles. The molecule has 1 amide bonds. The third kappa shape index (κ3) is 4.62. The highest BCUT2D eigenvalue weighted by atomic mass is 35.5. The molecule has 156 valence electrons. The minimum atomic E-state index is -0.514. The first-order valence-electron chi connectivity index (χ1n) is 9.02. The lowest BCUT2D eigenvalue weighted by molar-refractivity contribution is 0.0977. The number of fused-ring (bicyclic) bond motifs is 1. The van der Waals surface area contributed by atoms with Crippen molar-refractivity contribution >= 4 is 51.6 Å². The van der Waals surface area contributed by atoms with E-state index in [-0.39, 0.29) is 10.7 Å². The van der Waals surface area contributed by atoms with Crippen molar-refractivity contribution in [2.45, 2.75) is 0 Å². The van der Waals surface area contributed by atoms with Gasteiger partial charge in [-0.3, -0.25) is 10.1 Å². The zero-order chi connectivity index (χ0) is 22.0. The Morgan fingerprint density at radius 2 is 1.90 bits per heavy atom. The van der Waals surface area contributed by atoms with E-state index in [0.29, 0.717) is 33.2 Å². The lowest BCUT2D eigenvalue weighted by atomic mass is 10.2. The summed E-state index contributed by atoms with van der Waals surface area (Å²) < 4.78 is 18.4. The standard InChI is InChI=1S/C21H15ClFN5O2S/c1-30-19-8-6-15(11-16(19)22)28-26-17-7-5-14(10-18(17)27-28)24-21(31)25-20(29)12-3-2-4-13(23)9-12/h2-11H,1H3,(H2,24,25,29,31). The SMILES string of the molecule is COc1ccc(-n2nc3ccc(NC(=S)NC(=O)c4cccc(F)c4)cc3n2)cc1Cl. The van der Waals surface area contributed by atoms with Crippen LogP contribution < -0.4 is 15.4 Å². The largest absolute Gasteiger partial charge is 0.495 e. The molecule has 31 heavy (non-hydrogen) atoms. The molecule has 10 heteroatoms. The van der Waals surface area contributed by atoms with Gasteiger partial charge >= 0.3 is 0 Å². The molecule has 1 heterocycles. The van der Waals surface area contributed by atoms with Crippen molar-refractivity contribution in [3.05, 3.63) is 77.1 Å². The molecule has 0 aliphatic heterocycles. The molecule has 2 N–H and O–H groups in total. The summed E-state index contributed by atoms with van der Waals surface area (Å²) in [5, 5.41) is 14.8. The minimum Gasteiger partial charge on any atom is -0.495 e. The topological polar surface area (TPSA) is 81.1 Å². The highest BCUT2D eigenvalue weighted by molar-refractivity contribution is 7.80. The van der Waals surface area contributed by atoms with Gasteiger partial charge in [0.05, 0.1) is 17.8 Å². The number of ether oxygens (including phenoxy) is 1. The van der Waals surface area contributed by atoms with Gasteiger partial charge in [-0.05, 0) is 66.8 Å². The molecule has 0 bridgehead atoms. The first-order valence-corrected chi connectivity index (χ1v) is 9.80. The molecule has 0 aliphatic carbocycles. The van der Waals surface area contributed by atoms with Crippen LogP contribution in [0.15, 0.2) is 60.7 Å². The number of benzene rings is 3. The van der Waals surface area contributed by atoms with E-state index in [0.717, 1.165) is 6.07 Å². The molecule has 0 saturated carbocycles. The van der Waals surface area contributed by atoms with Crippen molar-refractivity contribution in [2.75, 3.05) is 12.4 Å². The molecular weight excluding hydrogens is 441 g/mol. The third-order valence-electron chi connectivity index (χ3n) is 4.32. The van der Waals surface area contributed by atoms with Crippen LogP contribution >= 0.6 is 23.8 Å². The van der Waals surface area contributed by atoms with Crippen LogP contribution in [0.5, 0.6) is 5.75 Å². The Hall–Kier alpha value is -3.56. The number of thiocarbonyl (C=S) groups is 1. The molecule has 0 spiro atoms. The number of nitrogens with one attached hydrogen (secondary N) is 2. The molecular formula is C21H15ClFN5O2S. The number of anilines is 1. The Bertz CT molecular complexity index is 1310. The van der Waals surface area contributed by atoms with Gasteiger partial charge in [-0.15, -0.1) is 10.2 Å². The summed E-state index contributed by atoms with van der Waals surface area (Å²) in [6, 6.07) is 15.8. The van der Waals surface area contributed by atoms with Crippen LogP contribution in [0.25, 0.3) is 16.7 Å². The zero-order valence-corrected chi connectivity index (χ0v) is 17.7. The van der Waals surface area contributed by atoms with Crippen LogP contribution in [0.2, 0.25) is 5.02 Å². The van der Waals surface area contributed by atoms with E-state index in [1.807, 2.05) is 0 Å². The second kappa shape index (κ2) is 8.66. The van der Waals surface area contributed by atoms with Crippen LogP contribution in [0.4, 0.5) is 10.1 Å². The first kappa shape index (κ1) is 20.7. The average molecular weight is 456 g/mol. The van der Waals surface area contributed by atoms with Gasteiger partial charge in [-0.2, -0.15) is 4.80 Å². The van der Waals surface area contributed by atoms with Crippen molar-refractivity contribution in [3.63, 3.8) is 0 Å². The second-order valence-corrected chi connectivity index (χ2v) is 7.25. The maximum Gasteiger partial charge on any atom is 0.257 e. The van der Waals surface area contributed by atoms with Gasteiger partial charge in [0.2, 0.25) is 0 Å². The molecule has 0 fully saturated rings. The Kier molecular flexibility index (Phi) is 5.79. The summed E-state index contributed by atoms with van der Waals surface area (Å²) in [7, 11) is 1.54. The van der Waals surface area contributed by atoms with Crippen LogP contribution in [0.3, 0.4) is 0 Å². The van der Waals surface area contributed by atoms with Gasteiger partial charge in [0.15, 0.2) is 5.11 Å². The quantitative estimate of drug-likeness (QED) is 0.445. The number of aromatic nitrogens is 3. The van der Waals surface area contributed by atoms with E-state index in [9.17, 15) is 9.18 Å². The van der Waals surface area contributed by atoms with Gasteiger partial charge in [0.1, 0.15) is 22.6 Å². The molecule has 0 radical (unpaired) electrons. The van der Waals surface area contributed by atoms with E-state index in [2.05, 4.69) is 20.8 Å². The van der Waals surface area contributed by atoms with E-state index in [1.165, 1.54) is 23.0 Å². The molecule has 4 aromatic rings. The molecule has 4 rings (SSSR count). The van der Waals surface area contributed by atoms with Crippen LogP contribution in [0.1, 0.15) is 10.4 Å². The number of rotatable bonds is 4. The predicted octanol–water partition coefficient (Wildman–Crippen LogP) is 4.35. The monoisotopic (exact) mass is 455 g/mol. The molecule has 0 aliphatic rings. The van der Waals surface area contributed by atoms with Crippen molar-refractivity contribution in [2.24, 2.45) is 0 Å². The van der Waals surface area contributed by atoms with Crippen LogP contribution in [-0.4, -0.2) is 33.1 Å². The first-order chi connectivity index (χ1) is 14.9. The lowest BCUT2D eigenvalue weighted by Crippen LogP contribution is -2.34. The Morgan fingerprint density at radius 1 is 1.10 bits per heavy atom. The second-order valence-electron chi connectivity index (χ2n) is 6.43. The van der Waals surface area contributed by atoms with E-state index < -0.39 is 11.7 Å². The molecule has 0 unspecified atom stereocenters. The zero-order valence-electron chi connectivity index (χ0n) is 16.1. The highest BCUT2D eigenvalue weighted by Gasteiger charge is 2.11. The number of carbonyl (C=O) groups is 1. The summed E-state index contributed by atoms with van der Waals surface area (Å²) in [5.41, 5.74) is 2.72. The number of nitrogens with zero attached hydrogens (tertiary/aromatic N) is 3. The Labute approximate surface area is 186 Å². The van der Waals surface area contributed by atoms with Gasteiger partial charge in [0.25, 0.3) is 5.91 Å². The van der Waals surface area contributed by atoms with Gasteiger partial charge in [-0.25, -0.2) is 4.39 Å². The summed E-state index contributed by atoms with van der Waals surface area (Å²) in [6.07, 6.45) is 0. The van der Waals surface area contributed by atoms with E-state index in [4.69, 9.17) is 28.6 Å². The normalized spacial score (nSPS) is 10.7. The molecule has 7 nitrogen and oxygen atoms in total. The Morgan fingerprint density at radius 3 is 2.65 bits per heavy atom. The maximum absolute atomic E-state index is 13.3. The maximum atomic E-state index is 13.3. The smallest absolute Gasteiger partial charge is 0.257 e. The number of halogens is 2. The van der Waals surface area contributed by atoms with Crippen molar-refractivity contribution in [1.29, 1.82) is 0 Å². The number of carbonyl (C=O) groups excluding carboxylic acids is 1. The van der Waals surface area contributed by atoms with Gasteiger partial charge < -0.3 is 10.1 Å². The number of amides is 1. The number of hydrogen-bond donors (Lipinski definition) is 2. The molecule has 1 aromatic heterocycles. The van der Waals surface area contributed by atoms with Crippen molar-refractivity contribution in [1.82, 2.24) is 20.3 Å². The number of methoxy groups -OCH3 is 1. The fraction of sp³-hybridized carbons (Fsp3) is 0.0476. The van der Waals surface area contributed by atoms with Crippen molar-refractivity contribution < 1.29 is 13.9 Å². The average Bonchev–Trinajstić information content (AvgIpc) is 3.17. The predicted molar refractivity (Wildman–Crippen MR) is 121 cm³/mol. The minimum absolute atomic E-state index is 0.0722. The van der Waals surface area contributed by atoms with E-state index >= 15 is 0 Å². The fourth-order valence-corrected chi connectivity index (χ4v) is 3.32. The summed E-state index contributed by atoms with van der Waals surface area (Å²) in [6.45, 7) is 0. The third-order valence-corrected chi connectivity index (χ3v) is 4.82. The van der Waals surface area contributed by atoms with Gasteiger partial charge in [0, 0.05) is 11.3 Å². The summed E-state index contributed by atoms with van der Waals surface area (Å²) in [5.74, 6) is -0.457. The highest BCUT2D eigenvalue weighted by Crippen LogP contribution is 2.26. The Balaban J connectivity index is 1.49. The van der Waals surface area contributed by atoms with E-state index in [1.54, 1.807) is 43.5 Å². The lowest BCUT2D eigenvalue weighted by Gasteiger charge is -2.09.